The summed E-state index contributed by atoms with van der Waals surface area (Å²) in [5, 5.41) is 0. The molecule has 0 aromatic heterocycles. The molecule has 0 radical (unpaired) electrons. The largest absolute Gasteiger partial charge is 0.497 e. The molecule has 0 saturated carbocycles. The molecule has 0 amide bonds. The molecule has 4 aromatic rings. The Morgan fingerprint density at radius 3 is 1.19 bits per heavy atom. The first-order chi connectivity index (χ1) is 17.4. The van der Waals surface area contributed by atoms with Crippen LogP contribution >= 0.6 is 0 Å². The van der Waals surface area contributed by atoms with Gasteiger partial charge < -0.3 is 18.9 Å². The van der Waals surface area contributed by atoms with Crippen molar-refractivity contribution in [3.05, 3.63) is 114 Å². The van der Waals surface area contributed by atoms with Crippen LogP contribution in [0, 0.1) is 0 Å². The number of carbonyl (C=O) groups is 3. The van der Waals surface area contributed by atoms with Gasteiger partial charge in [-0.25, -0.2) is 9.59 Å². The number of esters is 2. The molecule has 0 fully saturated rings. The molecule has 0 atom stereocenters. The number of hydrogen-bond donors (Lipinski definition) is 0. The maximum atomic E-state index is 12.5. The highest BCUT2D eigenvalue weighted by Crippen LogP contribution is 2.23. The number of ether oxygens (including phenoxy) is 4. The van der Waals surface area contributed by atoms with Gasteiger partial charge in [-0.1, -0.05) is 0 Å². The fourth-order valence-electron chi connectivity index (χ4n) is 3.19. The number of ketones is 1. The van der Waals surface area contributed by atoms with E-state index in [1.165, 1.54) is 31.2 Å². The van der Waals surface area contributed by atoms with Gasteiger partial charge in [0.25, 0.3) is 0 Å². The lowest BCUT2D eigenvalue weighted by atomic mass is 10.1. The lowest BCUT2D eigenvalue weighted by Gasteiger charge is -2.08. The average Bonchev–Trinajstić information content (AvgIpc) is 2.90. The minimum Gasteiger partial charge on any atom is -0.497 e. The third-order valence-electron chi connectivity index (χ3n) is 5.16. The first kappa shape index (κ1) is 24.2. The van der Waals surface area contributed by atoms with E-state index in [4.69, 9.17) is 18.9 Å². The number of rotatable bonds is 8. The van der Waals surface area contributed by atoms with Gasteiger partial charge in [0.05, 0.1) is 18.2 Å². The minimum atomic E-state index is -0.555. The summed E-state index contributed by atoms with van der Waals surface area (Å²) in [5.74, 6) is 1.31. The molecule has 7 heteroatoms. The SMILES string of the molecule is COc1ccc(OC(=O)c2ccc(OC(=O)c3ccc(Oc4ccc(C(C)=O)cc4)cc3)cc2)cc1. The van der Waals surface area contributed by atoms with Crippen molar-refractivity contribution in [1.82, 2.24) is 0 Å². The molecular formula is C29H22O7. The molecule has 4 aromatic carbocycles. The van der Waals surface area contributed by atoms with Gasteiger partial charge >= 0.3 is 11.9 Å². The number of hydrogen-bond acceptors (Lipinski definition) is 7. The predicted molar refractivity (Wildman–Crippen MR) is 132 cm³/mol. The fourth-order valence-corrected chi connectivity index (χ4v) is 3.19. The smallest absolute Gasteiger partial charge is 0.343 e. The van der Waals surface area contributed by atoms with E-state index in [0.29, 0.717) is 39.7 Å². The van der Waals surface area contributed by atoms with Gasteiger partial charge in [-0.15, -0.1) is 0 Å². The summed E-state index contributed by atoms with van der Waals surface area (Å²) >= 11 is 0. The zero-order chi connectivity index (χ0) is 25.5. The standard InChI is InChI=1S/C29H22O7/c1-19(30)20-3-9-24(10-4-20)34-25-11-5-21(6-12-25)28(31)35-26-13-7-22(8-14-26)29(32)36-27-17-15-23(33-2)16-18-27/h3-18H,1-2H3. The van der Waals surface area contributed by atoms with Crippen LogP contribution in [0.25, 0.3) is 0 Å². The Kier molecular flexibility index (Phi) is 7.41. The van der Waals surface area contributed by atoms with Crippen LogP contribution in [0.5, 0.6) is 28.7 Å². The summed E-state index contributed by atoms with van der Waals surface area (Å²) in [5.41, 5.74) is 1.24. The molecule has 0 heterocycles. The van der Waals surface area contributed by atoms with E-state index in [-0.39, 0.29) is 11.5 Å². The van der Waals surface area contributed by atoms with E-state index in [9.17, 15) is 14.4 Å². The molecular weight excluding hydrogens is 460 g/mol. The summed E-state index contributed by atoms with van der Waals surface area (Å²) in [6, 6.07) is 26.0. The molecule has 0 N–H and O–H groups in total. The van der Waals surface area contributed by atoms with Crippen LogP contribution in [0.3, 0.4) is 0 Å². The van der Waals surface area contributed by atoms with E-state index in [1.54, 1.807) is 79.9 Å². The lowest BCUT2D eigenvalue weighted by molar-refractivity contribution is 0.0730. The van der Waals surface area contributed by atoms with E-state index in [1.807, 2.05) is 0 Å². The van der Waals surface area contributed by atoms with Gasteiger partial charge in [0, 0.05) is 5.56 Å². The highest BCUT2D eigenvalue weighted by atomic mass is 16.5. The molecule has 4 rings (SSSR count). The Bertz CT molecular complexity index is 1360. The maximum Gasteiger partial charge on any atom is 0.343 e. The molecule has 0 aliphatic carbocycles. The van der Waals surface area contributed by atoms with Crippen molar-refractivity contribution in [3.63, 3.8) is 0 Å². The van der Waals surface area contributed by atoms with Crippen molar-refractivity contribution in [2.45, 2.75) is 6.92 Å². The third-order valence-corrected chi connectivity index (χ3v) is 5.16. The molecule has 0 unspecified atom stereocenters. The van der Waals surface area contributed by atoms with Gasteiger partial charge in [0.1, 0.15) is 28.7 Å². The number of benzene rings is 4. The van der Waals surface area contributed by atoms with Crippen LogP contribution in [-0.4, -0.2) is 24.8 Å². The lowest BCUT2D eigenvalue weighted by Crippen LogP contribution is -2.10. The molecule has 0 saturated heterocycles. The van der Waals surface area contributed by atoms with Crippen LogP contribution in [0.1, 0.15) is 38.0 Å². The first-order valence-corrected chi connectivity index (χ1v) is 11.0. The van der Waals surface area contributed by atoms with Gasteiger partial charge in [0.15, 0.2) is 5.78 Å². The first-order valence-electron chi connectivity index (χ1n) is 11.0. The summed E-state index contributed by atoms with van der Waals surface area (Å²) in [4.78, 5) is 36.2. The van der Waals surface area contributed by atoms with Crippen molar-refractivity contribution in [3.8, 4) is 28.7 Å². The van der Waals surface area contributed by atoms with Gasteiger partial charge in [-0.3, -0.25) is 4.79 Å². The highest BCUT2D eigenvalue weighted by molar-refractivity contribution is 5.94. The predicted octanol–water partition coefficient (Wildman–Crippen LogP) is 6.13. The monoisotopic (exact) mass is 482 g/mol. The Morgan fingerprint density at radius 1 is 0.472 bits per heavy atom. The second kappa shape index (κ2) is 11.0. The van der Waals surface area contributed by atoms with Crippen molar-refractivity contribution in [1.29, 1.82) is 0 Å². The van der Waals surface area contributed by atoms with Gasteiger partial charge in [-0.2, -0.15) is 0 Å². The molecule has 180 valence electrons. The molecule has 0 aliphatic heterocycles. The maximum absolute atomic E-state index is 12.5. The zero-order valence-electron chi connectivity index (χ0n) is 19.6. The number of methoxy groups -OCH3 is 1. The summed E-state index contributed by atoms with van der Waals surface area (Å²) in [7, 11) is 1.55. The van der Waals surface area contributed by atoms with E-state index < -0.39 is 11.9 Å². The van der Waals surface area contributed by atoms with E-state index in [2.05, 4.69) is 0 Å². The van der Waals surface area contributed by atoms with Crippen LogP contribution in [-0.2, 0) is 0 Å². The Labute approximate surface area is 207 Å². The Hall–Kier alpha value is -4.91. The molecule has 0 bridgehead atoms. The summed E-state index contributed by atoms with van der Waals surface area (Å²) < 4.78 is 21.5. The second-order valence-corrected chi connectivity index (χ2v) is 7.69. The van der Waals surface area contributed by atoms with Gasteiger partial charge in [-0.05, 0) is 104 Å². The number of Topliss-reactive ketones (excluding diaryl/α,β-unsaturated/α-hetero) is 1. The summed E-state index contributed by atoms with van der Waals surface area (Å²) in [6.07, 6.45) is 0. The number of carbonyl (C=O) groups excluding carboxylic acids is 3. The zero-order valence-corrected chi connectivity index (χ0v) is 19.6. The van der Waals surface area contributed by atoms with Crippen molar-refractivity contribution in [2.24, 2.45) is 0 Å². The third kappa shape index (κ3) is 6.15. The van der Waals surface area contributed by atoms with E-state index >= 15 is 0 Å². The van der Waals surface area contributed by atoms with Crippen LogP contribution < -0.4 is 18.9 Å². The quantitative estimate of drug-likeness (QED) is 0.170. The van der Waals surface area contributed by atoms with Crippen LogP contribution in [0.2, 0.25) is 0 Å². The second-order valence-electron chi connectivity index (χ2n) is 7.69. The fraction of sp³-hybridized carbons (Fsp3) is 0.0690. The van der Waals surface area contributed by atoms with Crippen molar-refractivity contribution >= 4 is 17.7 Å². The Morgan fingerprint density at radius 2 is 0.806 bits per heavy atom. The summed E-state index contributed by atoms with van der Waals surface area (Å²) in [6.45, 7) is 1.50. The van der Waals surface area contributed by atoms with Crippen LogP contribution in [0.15, 0.2) is 97.1 Å². The normalized spacial score (nSPS) is 10.3. The molecule has 7 nitrogen and oxygen atoms in total. The molecule has 0 aliphatic rings. The molecule has 0 spiro atoms. The minimum absolute atomic E-state index is 0.0208. The topological polar surface area (TPSA) is 88.1 Å². The molecule has 36 heavy (non-hydrogen) atoms. The Balaban J connectivity index is 1.33. The van der Waals surface area contributed by atoms with Gasteiger partial charge in [0.2, 0.25) is 0 Å². The van der Waals surface area contributed by atoms with Crippen molar-refractivity contribution in [2.75, 3.05) is 7.11 Å². The van der Waals surface area contributed by atoms with Crippen LogP contribution in [0.4, 0.5) is 0 Å². The van der Waals surface area contributed by atoms with Crippen molar-refractivity contribution < 1.29 is 33.3 Å². The average molecular weight is 482 g/mol. The highest BCUT2D eigenvalue weighted by Gasteiger charge is 2.12. The van der Waals surface area contributed by atoms with E-state index in [0.717, 1.165) is 0 Å².